The Bertz CT molecular complexity index is 4330. The minimum atomic E-state index is 0.405. The van der Waals surface area contributed by atoms with Gasteiger partial charge >= 0.3 is 0 Å². The van der Waals surface area contributed by atoms with Crippen molar-refractivity contribution < 1.29 is 0 Å². The highest BCUT2D eigenvalue weighted by Crippen LogP contribution is 2.43. The first kappa shape index (κ1) is 42.5. The van der Waals surface area contributed by atoms with Crippen LogP contribution < -0.4 is 0 Å². The van der Waals surface area contributed by atoms with Crippen molar-refractivity contribution in [2.45, 2.75) is 0 Å². The molecule has 330 valence electrons. The summed E-state index contributed by atoms with van der Waals surface area (Å²) in [5.74, 6) is 0. The number of hydrogen-bond donors (Lipinski definition) is 0. The largest absolute Gasteiger partial charge is 0.307 e. The maximum atomic E-state index is 11.4. The molecule has 8 heteroatoms. The predicted molar refractivity (Wildman–Crippen MR) is 284 cm³/mol. The van der Waals surface area contributed by atoms with Crippen LogP contribution in [0.25, 0.3) is 111 Å². The molecule has 0 radical (unpaired) electrons. The van der Waals surface area contributed by atoms with E-state index in [0.717, 1.165) is 111 Å². The van der Waals surface area contributed by atoms with Crippen LogP contribution in [0.3, 0.4) is 0 Å². The van der Waals surface area contributed by atoms with Gasteiger partial charge in [0.2, 0.25) is 0 Å². The standard InChI is InChI=1S/C64H34N8/c65-35-40-23-41(36-66)26-48(25-40)46-19-21-61-55(29-46)52-15-7-9-17-59(52)71(61)63-33-51(39-69)54(50-31-57(44-11-3-1-4-12-44)70-58(32-50)45-13-5-2-6-14-45)34-64(63)72-60-18-10-8-16-53(60)56-30-47(20-22-62(56)72)49-27-42(37-67)24-43(28-49)38-68/h1-34H. The van der Waals surface area contributed by atoms with E-state index in [4.69, 9.17) is 4.98 Å². The lowest BCUT2D eigenvalue weighted by molar-refractivity contribution is 1.09. The van der Waals surface area contributed by atoms with Gasteiger partial charge < -0.3 is 9.13 Å². The number of fused-ring (bicyclic) bond motifs is 6. The Morgan fingerprint density at radius 3 is 1.12 bits per heavy atom. The molecule has 0 atom stereocenters. The van der Waals surface area contributed by atoms with Gasteiger partial charge in [0, 0.05) is 38.2 Å². The summed E-state index contributed by atoms with van der Waals surface area (Å²) in [5.41, 5.74) is 15.5. The van der Waals surface area contributed by atoms with Crippen LogP contribution in [0.4, 0.5) is 0 Å². The molecule has 12 rings (SSSR count). The lowest BCUT2D eigenvalue weighted by Gasteiger charge is -2.20. The number of nitriles is 5. The van der Waals surface area contributed by atoms with Crippen LogP contribution in [0.2, 0.25) is 0 Å². The summed E-state index contributed by atoms with van der Waals surface area (Å²) in [5, 5.41) is 54.8. The van der Waals surface area contributed by atoms with Crippen molar-refractivity contribution in [3.05, 3.63) is 234 Å². The lowest BCUT2D eigenvalue weighted by Crippen LogP contribution is -2.05. The average molecular weight is 915 g/mol. The first-order valence-corrected chi connectivity index (χ1v) is 23.1. The van der Waals surface area contributed by atoms with E-state index in [1.807, 2.05) is 115 Å². The summed E-state index contributed by atoms with van der Waals surface area (Å²) in [6.07, 6.45) is 0. The Balaban J connectivity index is 1.18. The van der Waals surface area contributed by atoms with Gasteiger partial charge in [-0.2, -0.15) is 26.3 Å². The second kappa shape index (κ2) is 17.4. The van der Waals surface area contributed by atoms with Crippen molar-refractivity contribution >= 4 is 43.6 Å². The maximum absolute atomic E-state index is 11.4. The first-order chi connectivity index (χ1) is 35.4. The summed E-state index contributed by atoms with van der Waals surface area (Å²) in [7, 11) is 0. The molecule has 0 saturated heterocycles. The first-order valence-electron chi connectivity index (χ1n) is 23.1. The van der Waals surface area contributed by atoms with Crippen LogP contribution in [-0.4, -0.2) is 14.1 Å². The zero-order valence-electron chi connectivity index (χ0n) is 38.2. The highest BCUT2D eigenvalue weighted by molar-refractivity contribution is 6.13. The van der Waals surface area contributed by atoms with Gasteiger partial charge in [0.25, 0.3) is 0 Å². The monoisotopic (exact) mass is 914 g/mol. The normalized spacial score (nSPS) is 11.0. The minimum Gasteiger partial charge on any atom is -0.307 e. The molecular formula is C64H34N8. The Morgan fingerprint density at radius 1 is 0.292 bits per heavy atom. The van der Waals surface area contributed by atoms with Crippen molar-refractivity contribution in [1.29, 1.82) is 26.3 Å². The van der Waals surface area contributed by atoms with Crippen LogP contribution >= 0.6 is 0 Å². The van der Waals surface area contributed by atoms with Crippen molar-refractivity contribution in [2.24, 2.45) is 0 Å². The number of benzene rings is 9. The summed E-state index contributed by atoms with van der Waals surface area (Å²) in [4.78, 5) is 5.18. The Hall–Kier alpha value is -10.8. The van der Waals surface area contributed by atoms with Gasteiger partial charge in [-0.25, -0.2) is 4.98 Å². The molecule has 0 aliphatic rings. The molecule has 3 aromatic heterocycles. The predicted octanol–water partition coefficient (Wildman–Crippen LogP) is 15.0. The van der Waals surface area contributed by atoms with Gasteiger partial charge in [0.1, 0.15) is 0 Å². The topological polar surface area (TPSA) is 142 Å². The molecule has 0 amide bonds. The van der Waals surface area contributed by atoms with E-state index in [0.29, 0.717) is 27.8 Å². The fraction of sp³-hybridized carbons (Fsp3) is 0. The number of pyridine rings is 1. The molecule has 0 fully saturated rings. The molecule has 0 spiro atoms. The van der Waals surface area contributed by atoms with E-state index in [9.17, 15) is 26.3 Å². The third-order valence-corrected chi connectivity index (χ3v) is 13.4. The maximum Gasteiger partial charge on any atom is 0.0998 e. The van der Waals surface area contributed by atoms with Crippen LogP contribution in [0.1, 0.15) is 27.8 Å². The van der Waals surface area contributed by atoms with Gasteiger partial charge in [-0.15, -0.1) is 0 Å². The summed E-state index contributed by atoms with van der Waals surface area (Å²) < 4.78 is 4.49. The smallest absolute Gasteiger partial charge is 0.0998 e. The zero-order valence-corrected chi connectivity index (χ0v) is 38.2. The van der Waals surface area contributed by atoms with Crippen LogP contribution in [0, 0.1) is 56.7 Å². The fourth-order valence-electron chi connectivity index (χ4n) is 10.1. The molecule has 72 heavy (non-hydrogen) atoms. The number of hydrogen-bond acceptors (Lipinski definition) is 6. The Morgan fingerprint density at radius 2 is 0.694 bits per heavy atom. The van der Waals surface area contributed by atoms with Crippen molar-refractivity contribution in [3.8, 4) is 97.6 Å². The van der Waals surface area contributed by atoms with E-state index < -0.39 is 0 Å². The van der Waals surface area contributed by atoms with Crippen molar-refractivity contribution in [3.63, 3.8) is 0 Å². The van der Waals surface area contributed by atoms with Crippen molar-refractivity contribution in [2.75, 3.05) is 0 Å². The van der Waals surface area contributed by atoms with E-state index in [-0.39, 0.29) is 0 Å². The number of para-hydroxylation sites is 2. The molecule has 8 nitrogen and oxygen atoms in total. The Kier molecular flexibility index (Phi) is 10.3. The van der Waals surface area contributed by atoms with E-state index in [2.05, 4.69) is 106 Å². The molecule has 0 aliphatic heterocycles. The Labute approximate surface area is 413 Å². The highest BCUT2D eigenvalue weighted by Gasteiger charge is 2.24. The second-order valence-corrected chi connectivity index (χ2v) is 17.6. The van der Waals surface area contributed by atoms with Gasteiger partial charge in [-0.1, -0.05) is 109 Å². The third-order valence-electron chi connectivity index (χ3n) is 13.4. The highest BCUT2D eigenvalue weighted by atomic mass is 15.1. The van der Waals surface area contributed by atoms with E-state index >= 15 is 0 Å². The van der Waals surface area contributed by atoms with Crippen LogP contribution in [0.5, 0.6) is 0 Å². The van der Waals surface area contributed by atoms with Gasteiger partial charge in [-0.3, -0.25) is 0 Å². The van der Waals surface area contributed by atoms with E-state index in [1.54, 1.807) is 24.3 Å². The van der Waals surface area contributed by atoms with Gasteiger partial charge in [-0.05, 0) is 125 Å². The second-order valence-electron chi connectivity index (χ2n) is 17.6. The molecule has 0 bridgehead atoms. The third kappa shape index (κ3) is 7.17. The fourth-order valence-corrected chi connectivity index (χ4v) is 10.1. The van der Waals surface area contributed by atoms with E-state index in [1.165, 1.54) is 0 Å². The molecule has 0 unspecified atom stereocenters. The average Bonchev–Trinajstić information content (AvgIpc) is 3.96. The van der Waals surface area contributed by atoms with Crippen molar-refractivity contribution in [1.82, 2.24) is 14.1 Å². The number of aromatic nitrogens is 3. The molecule has 0 aliphatic carbocycles. The molecular weight excluding hydrogens is 881 g/mol. The summed E-state index contributed by atoms with van der Waals surface area (Å²) >= 11 is 0. The molecule has 3 heterocycles. The number of rotatable bonds is 7. The van der Waals surface area contributed by atoms with Crippen LogP contribution in [0.15, 0.2) is 206 Å². The van der Waals surface area contributed by atoms with Gasteiger partial charge in [0.05, 0.1) is 103 Å². The quantitative estimate of drug-likeness (QED) is 0.156. The summed E-state index contributed by atoms with van der Waals surface area (Å²) in [6, 6.07) is 79.2. The molecule has 0 N–H and O–H groups in total. The minimum absolute atomic E-state index is 0.405. The lowest BCUT2D eigenvalue weighted by atomic mass is 9.95. The number of nitrogens with zero attached hydrogens (tertiary/aromatic N) is 8. The van der Waals surface area contributed by atoms with Gasteiger partial charge in [0.15, 0.2) is 0 Å². The zero-order chi connectivity index (χ0) is 48.9. The van der Waals surface area contributed by atoms with Crippen LogP contribution in [-0.2, 0) is 0 Å². The SMILES string of the molecule is N#Cc1cc(C#N)cc(-c2ccc3c(c2)c2ccccc2n3-c2cc(C#N)c(-c3cc(-c4ccccc4)nc(-c4ccccc4)c3)cc2-n2c3ccccc3c3cc(-c4cc(C#N)cc(C#N)c4)ccc32)c1. The molecule has 9 aromatic carbocycles. The molecule has 0 saturated carbocycles. The summed E-state index contributed by atoms with van der Waals surface area (Å²) in [6.45, 7) is 0. The molecule has 12 aromatic rings.